The summed E-state index contributed by atoms with van der Waals surface area (Å²) in [6.45, 7) is 9.00. The van der Waals surface area contributed by atoms with E-state index in [0.29, 0.717) is 32.9 Å². The zero-order valence-electron chi connectivity index (χ0n) is 29.6. The Labute approximate surface area is 282 Å². The first-order chi connectivity index (χ1) is 21.8. The number of nitrogens with two attached hydrogens (primary N) is 1. The minimum absolute atomic E-state index is 0.0105. The predicted octanol–water partition coefficient (Wildman–Crippen LogP) is 4.37. The molecule has 0 heterocycles. The van der Waals surface area contributed by atoms with Gasteiger partial charge in [-0.15, -0.1) is 0 Å². The van der Waals surface area contributed by atoms with Gasteiger partial charge in [-0.2, -0.15) is 0 Å². The van der Waals surface area contributed by atoms with Gasteiger partial charge >= 0.3 is 7.60 Å². The summed E-state index contributed by atoms with van der Waals surface area (Å²) in [5, 5.41) is 12.8. The molecule has 3 unspecified atom stereocenters. The van der Waals surface area contributed by atoms with Crippen molar-refractivity contribution in [3.63, 3.8) is 0 Å². The number of aliphatic carboxylic acids is 1. The second-order valence-corrected chi connectivity index (χ2v) is 15.9. The van der Waals surface area contributed by atoms with E-state index in [4.69, 9.17) is 29.2 Å². The Hall–Kier alpha value is -1.12. The van der Waals surface area contributed by atoms with E-state index in [2.05, 4.69) is 36.8 Å². The van der Waals surface area contributed by atoms with Crippen LogP contribution >= 0.6 is 22.7 Å². The van der Waals surface area contributed by atoms with Crippen LogP contribution < -0.4 is 16.4 Å². The van der Waals surface area contributed by atoms with Crippen LogP contribution in [0.25, 0.3) is 0 Å². The van der Waals surface area contributed by atoms with Gasteiger partial charge in [-0.05, 0) is 70.5 Å². The Morgan fingerprint density at radius 1 is 0.638 bits per heavy atom. The van der Waals surface area contributed by atoms with E-state index >= 15 is 0 Å². The SMILES string of the molecule is C=P(O)(OC)OCCCCCCN.C=P(O)(OC)OCCCCCNC(C)=O.CC(=O)O.COP(C)(=O)OCCCCCNC(C)=O. The van der Waals surface area contributed by atoms with Crippen LogP contribution in [0.15, 0.2) is 0 Å². The van der Waals surface area contributed by atoms with E-state index in [-0.39, 0.29) is 11.8 Å². The minimum Gasteiger partial charge on any atom is -0.481 e. The normalized spacial score (nSPS) is 14.2. The monoisotopic (exact) mass is 743 g/mol. The molecule has 0 aliphatic carbocycles. The summed E-state index contributed by atoms with van der Waals surface area (Å²) < 4.78 is 40.4. The largest absolute Gasteiger partial charge is 0.481 e. The molecule has 0 aliphatic rings. The van der Waals surface area contributed by atoms with Crippen molar-refractivity contribution in [2.75, 3.05) is 67.4 Å². The van der Waals surface area contributed by atoms with Gasteiger partial charge in [-0.1, -0.05) is 12.8 Å². The smallest absolute Gasteiger partial charge is 0.327 e. The summed E-state index contributed by atoms with van der Waals surface area (Å²) in [5.41, 5.74) is 5.34. The van der Waals surface area contributed by atoms with Crippen LogP contribution in [0, 0.1) is 0 Å². The lowest BCUT2D eigenvalue weighted by atomic mass is 10.2. The van der Waals surface area contributed by atoms with Crippen LogP contribution in [0.3, 0.4) is 0 Å². The molecule has 284 valence electrons. The first-order valence-corrected chi connectivity index (χ1v) is 20.8. The van der Waals surface area contributed by atoms with E-state index in [1.807, 2.05) is 0 Å². The number of unbranched alkanes of at least 4 members (excludes halogenated alkanes) is 7. The van der Waals surface area contributed by atoms with Gasteiger partial charge in [0, 0.05) is 61.9 Å². The lowest BCUT2D eigenvalue weighted by Crippen LogP contribution is -2.20. The van der Waals surface area contributed by atoms with Crippen molar-refractivity contribution >= 4 is 53.1 Å². The summed E-state index contributed by atoms with van der Waals surface area (Å²) in [4.78, 5) is 48.6. The maximum atomic E-state index is 11.3. The fourth-order valence-corrected chi connectivity index (χ4v) is 4.35. The van der Waals surface area contributed by atoms with Crippen LogP contribution in [-0.4, -0.2) is 113 Å². The lowest BCUT2D eigenvalue weighted by molar-refractivity contribution is -0.134. The quantitative estimate of drug-likeness (QED) is 0.0595. The van der Waals surface area contributed by atoms with Crippen molar-refractivity contribution in [2.45, 2.75) is 85.0 Å². The highest BCUT2D eigenvalue weighted by molar-refractivity contribution is 7.58. The molecule has 47 heavy (non-hydrogen) atoms. The Morgan fingerprint density at radius 2 is 0.957 bits per heavy atom. The minimum atomic E-state index is -2.81. The Kier molecular flexibility index (Phi) is 38.9. The summed E-state index contributed by atoms with van der Waals surface area (Å²) in [5.74, 6) is -0.854. The van der Waals surface area contributed by atoms with Gasteiger partial charge in [0.05, 0.1) is 19.8 Å². The molecule has 0 saturated heterocycles. The third-order valence-corrected chi connectivity index (χ3v) is 8.93. The van der Waals surface area contributed by atoms with Crippen molar-refractivity contribution in [3.05, 3.63) is 0 Å². The summed E-state index contributed by atoms with van der Waals surface area (Å²) in [6.07, 6.45) is 16.3. The Balaban J connectivity index is -0.000000279. The molecule has 0 aromatic rings. The van der Waals surface area contributed by atoms with Crippen LogP contribution in [0.2, 0.25) is 0 Å². The highest BCUT2D eigenvalue weighted by Gasteiger charge is 2.13. The average molecular weight is 744 g/mol. The molecule has 3 atom stereocenters. The molecule has 7 N–H and O–H groups in total. The molecule has 0 rings (SSSR count). The third-order valence-electron chi connectivity index (χ3n) is 5.30. The van der Waals surface area contributed by atoms with E-state index in [1.165, 1.54) is 41.8 Å². The molecule has 0 spiro atoms. The summed E-state index contributed by atoms with van der Waals surface area (Å²) in [6, 6.07) is 0. The highest BCUT2D eigenvalue weighted by Crippen LogP contribution is 2.43. The molecular weight excluding hydrogens is 679 g/mol. The number of carboxylic acids is 1. The van der Waals surface area contributed by atoms with E-state index in [1.54, 1.807) is 0 Å². The predicted molar refractivity (Wildman–Crippen MR) is 191 cm³/mol. The average Bonchev–Trinajstić information content (AvgIpc) is 2.98. The topological polar surface area (TPSA) is 234 Å². The van der Waals surface area contributed by atoms with E-state index < -0.39 is 28.7 Å². The third kappa shape index (κ3) is 54.6. The number of nitrogens with one attached hydrogen (secondary N) is 2. The standard InChI is InChI=1S/2C9H20NO4P.C8H20NO3P.C2H4O2/c2*1-9(11)10-7-5-4-6-8-14-15(3,12)13-2;1-11-13(2,10)12-8-6-4-3-5-7-9;1-2(3)4/h4-8H2,1-3H3,(H,10,11);12H,3-8H2,1-2H3,(H,10,11);10H,2-9H2,1H3;1H3,(H,3,4). The molecule has 16 nitrogen and oxygen atoms in total. The van der Waals surface area contributed by atoms with E-state index in [9.17, 15) is 23.9 Å². The number of carboxylic acid groups (broad SMARTS) is 1. The molecule has 0 fully saturated rings. The maximum Gasteiger partial charge on any atom is 0.327 e. The summed E-state index contributed by atoms with van der Waals surface area (Å²) in [7, 11) is -4.24. The molecule has 0 aliphatic heterocycles. The molecule has 19 heteroatoms. The first kappa shape index (κ1) is 52.7. The van der Waals surface area contributed by atoms with Crippen LogP contribution in [0.5, 0.6) is 0 Å². The van der Waals surface area contributed by atoms with Gasteiger partial charge in [0.1, 0.15) is 0 Å². The molecule has 0 aromatic carbocycles. The zero-order valence-corrected chi connectivity index (χ0v) is 32.3. The highest BCUT2D eigenvalue weighted by atomic mass is 31.2. The number of carbonyl (C=O) groups is 3. The maximum absolute atomic E-state index is 11.3. The van der Waals surface area contributed by atoms with Crippen molar-refractivity contribution in [2.24, 2.45) is 5.73 Å². The van der Waals surface area contributed by atoms with Crippen LogP contribution in [0.1, 0.15) is 85.0 Å². The number of carbonyl (C=O) groups excluding carboxylic acids is 2. The van der Waals surface area contributed by atoms with Gasteiger partial charge in [-0.25, -0.2) is 0 Å². The van der Waals surface area contributed by atoms with Crippen molar-refractivity contribution < 1.29 is 61.0 Å². The van der Waals surface area contributed by atoms with Gasteiger partial charge in [0.2, 0.25) is 26.9 Å². The second kappa shape index (κ2) is 34.7. The molecular formula is C28H64N3O13P3. The molecule has 0 radical (unpaired) electrons. The van der Waals surface area contributed by atoms with E-state index in [0.717, 1.165) is 77.7 Å². The number of amides is 2. The number of rotatable bonds is 24. The van der Waals surface area contributed by atoms with Gasteiger partial charge < -0.3 is 58.4 Å². The lowest BCUT2D eigenvalue weighted by Gasteiger charge is -2.14. The fraction of sp³-hybridized carbons (Fsp3) is 0.821. The second-order valence-electron chi connectivity index (χ2n) is 9.90. The van der Waals surface area contributed by atoms with Gasteiger partial charge in [-0.3, -0.25) is 18.9 Å². The van der Waals surface area contributed by atoms with Gasteiger partial charge in [0.25, 0.3) is 5.97 Å². The van der Waals surface area contributed by atoms with Gasteiger partial charge in [0.15, 0.2) is 0 Å². The van der Waals surface area contributed by atoms with Crippen molar-refractivity contribution in [1.82, 2.24) is 10.6 Å². The number of hydrogen-bond acceptors (Lipinski definition) is 13. The zero-order chi connectivity index (χ0) is 37.2. The first-order valence-electron chi connectivity index (χ1n) is 15.3. The van der Waals surface area contributed by atoms with Crippen LogP contribution in [-0.2, 0) is 46.1 Å². The molecule has 2 amide bonds. The van der Waals surface area contributed by atoms with Crippen LogP contribution in [0.4, 0.5) is 0 Å². The molecule has 0 bridgehead atoms. The Bertz CT molecular complexity index is 875. The summed E-state index contributed by atoms with van der Waals surface area (Å²) >= 11 is 0. The number of hydrogen-bond donors (Lipinski definition) is 6. The molecule has 0 aromatic heterocycles. The molecule has 0 saturated carbocycles. The van der Waals surface area contributed by atoms with Crippen molar-refractivity contribution in [3.8, 4) is 0 Å². The fourth-order valence-electron chi connectivity index (χ4n) is 2.74. The van der Waals surface area contributed by atoms with Crippen molar-refractivity contribution in [1.29, 1.82) is 0 Å². The Morgan fingerprint density at radius 3 is 1.26 bits per heavy atom.